The minimum atomic E-state index is -0.223. The highest BCUT2D eigenvalue weighted by molar-refractivity contribution is 5.87. The lowest BCUT2D eigenvalue weighted by Gasteiger charge is -2.15. The van der Waals surface area contributed by atoms with Gasteiger partial charge in [-0.05, 0) is 47.5 Å². The van der Waals surface area contributed by atoms with Gasteiger partial charge in [0.05, 0.1) is 0 Å². The number of ether oxygens (including phenoxy) is 1. The summed E-state index contributed by atoms with van der Waals surface area (Å²) in [6, 6.07) is 19.1. The Morgan fingerprint density at radius 3 is 2.41 bits per heavy atom. The van der Waals surface area contributed by atoms with E-state index in [1.807, 2.05) is 6.07 Å². The zero-order chi connectivity index (χ0) is 20.3. The van der Waals surface area contributed by atoms with E-state index in [0.29, 0.717) is 6.61 Å². The first-order valence-corrected chi connectivity index (χ1v) is 10.9. The monoisotopic (exact) mass is 393 g/mol. The van der Waals surface area contributed by atoms with Crippen molar-refractivity contribution in [2.45, 2.75) is 58.6 Å². The first-order valence-electron chi connectivity index (χ1n) is 10.9. The van der Waals surface area contributed by atoms with Gasteiger partial charge in [-0.25, -0.2) is 4.39 Å². The maximum absolute atomic E-state index is 13.1. The normalized spacial score (nSPS) is 11.1. The number of unbranched alkanes of at least 4 members (excludes halogenated alkanes) is 5. The summed E-state index contributed by atoms with van der Waals surface area (Å²) >= 11 is 0. The summed E-state index contributed by atoms with van der Waals surface area (Å²) in [6.07, 6.45) is 7.81. The molecule has 0 spiro atoms. The Labute approximate surface area is 174 Å². The molecule has 0 unspecified atom stereocenters. The molecule has 3 aromatic rings. The summed E-state index contributed by atoms with van der Waals surface area (Å²) < 4.78 is 19.3. The first-order chi connectivity index (χ1) is 14.3. The lowest BCUT2D eigenvalue weighted by atomic mass is 10.0. The van der Waals surface area contributed by atoms with Crippen molar-refractivity contribution in [2.24, 2.45) is 0 Å². The number of hydrogen-bond donors (Lipinski definition) is 1. The quantitative estimate of drug-likeness (QED) is 0.334. The largest absolute Gasteiger partial charge is 0.489 e. The third-order valence-electron chi connectivity index (χ3n) is 5.31. The van der Waals surface area contributed by atoms with Crippen LogP contribution in [0.2, 0.25) is 0 Å². The summed E-state index contributed by atoms with van der Waals surface area (Å²) in [5.41, 5.74) is 2.15. The average molecular weight is 394 g/mol. The van der Waals surface area contributed by atoms with E-state index >= 15 is 0 Å². The second-order valence-corrected chi connectivity index (χ2v) is 7.62. The van der Waals surface area contributed by atoms with Crippen molar-refractivity contribution in [3.63, 3.8) is 0 Å². The molecule has 0 bridgehead atoms. The number of benzene rings is 3. The maximum atomic E-state index is 13.1. The van der Waals surface area contributed by atoms with Crippen molar-refractivity contribution in [3.05, 3.63) is 77.6 Å². The van der Waals surface area contributed by atoms with Crippen LogP contribution in [0, 0.1) is 5.82 Å². The van der Waals surface area contributed by atoms with E-state index in [4.69, 9.17) is 4.74 Å². The number of hydrogen-bond acceptors (Lipinski definition) is 2. The highest BCUT2D eigenvalue weighted by Crippen LogP contribution is 2.29. The van der Waals surface area contributed by atoms with Gasteiger partial charge in [0.15, 0.2) is 0 Å². The van der Waals surface area contributed by atoms with Gasteiger partial charge in [0.25, 0.3) is 0 Å². The van der Waals surface area contributed by atoms with Crippen molar-refractivity contribution in [1.29, 1.82) is 0 Å². The number of nitrogens with one attached hydrogen (secondary N) is 1. The Morgan fingerprint density at radius 1 is 0.828 bits per heavy atom. The fraction of sp³-hybridized carbons (Fsp3) is 0.385. The van der Waals surface area contributed by atoms with Crippen LogP contribution in [0.15, 0.2) is 60.7 Å². The lowest BCUT2D eigenvalue weighted by Crippen LogP contribution is -2.16. The molecule has 0 fully saturated rings. The third kappa shape index (κ3) is 6.57. The fourth-order valence-corrected chi connectivity index (χ4v) is 3.62. The molecule has 0 radical (unpaired) electrons. The van der Waals surface area contributed by atoms with Crippen molar-refractivity contribution in [1.82, 2.24) is 5.32 Å². The molecule has 0 atom stereocenters. The van der Waals surface area contributed by atoms with Gasteiger partial charge in [0.1, 0.15) is 18.2 Å². The molecular weight excluding hydrogens is 361 g/mol. The summed E-state index contributed by atoms with van der Waals surface area (Å²) in [6.45, 7) is 4.49. The van der Waals surface area contributed by atoms with Gasteiger partial charge in [0.2, 0.25) is 0 Å². The molecule has 3 rings (SSSR count). The zero-order valence-electron chi connectivity index (χ0n) is 17.4. The molecule has 3 aromatic carbocycles. The number of rotatable bonds is 12. The van der Waals surface area contributed by atoms with Crippen LogP contribution in [0.25, 0.3) is 10.8 Å². The van der Waals surface area contributed by atoms with Gasteiger partial charge in [-0.15, -0.1) is 0 Å². The van der Waals surface area contributed by atoms with Crippen molar-refractivity contribution >= 4 is 10.8 Å². The van der Waals surface area contributed by atoms with Crippen molar-refractivity contribution < 1.29 is 9.13 Å². The predicted octanol–water partition coefficient (Wildman–Crippen LogP) is 7.01. The van der Waals surface area contributed by atoms with E-state index < -0.39 is 0 Å². The Kier molecular flexibility index (Phi) is 8.51. The van der Waals surface area contributed by atoms with Crippen LogP contribution >= 0.6 is 0 Å². The number of halogens is 1. The summed E-state index contributed by atoms with van der Waals surface area (Å²) in [7, 11) is 0. The minimum Gasteiger partial charge on any atom is -0.489 e. The lowest BCUT2D eigenvalue weighted by molar-refractivity contribution is 0.302. The molecule has 2 nitrogen and oxygen atoms in total. The van der Waals surface area contributed by atoms with E-state index in [-0.39, 0.29) is 5.82 Å². The predicted molar refractivity (Wildman–Crippen MR) is 120 cm³/mol. The van der Waals surface area contributed by atoms with Crippen LogP contribution in [0.1, 0.15) is 56.6 Å². The average Bonchev–Trinajstić information content (AvgIpc) is 2.75. The van der Waals surface area contributed by atoms with Gasteiger partial charge in [0, 0.05) is 12.1 Å². The molecule has 0 heterocycles. The minimum absolute atomic E-state index is 0.223. The van der Waals surface area contributed by atoms with Crippen LogP contribution in [0.4, 0.5) is 4.39 Å². The van der Waals surface area contributed by atoms with E-state index in [9.17, 15) is 4.39 Å². The Balaban J connectivity index is 1.62. The maximum Gasteiger partial charge on any atom is 0.124 e. The smallest absolute Gasteiger partial charge is 0.124 e. The van der Waals surface area contributed by atoms with Crippen LogP contribution in [-0.2, 0) is 13.2 Å². The highest BCUT2D eigenvalue weighted by Gasteiger charge is 2.09. The zero-order valence-corrected chi connectivity index (χ0v) is 17.4. The van der Waals surface area contributed by atoms with Crippen LogP contribution in [0.3, 0.4) is 0 Å². The number of fused-ring (bicyclic) bond motifs is 1. The molecule has 0 aliphatic heterocycles. The van der Waals surface area contributed by atoms with Crippen molar-refractivity contribution in [2.75, 3.05) is 6.54 Å². The molecule has 154 valence electrons. The Bertz CT molecular complexity index is 876. The molecular formula is C26H32FNO. The molecule has 29 heavy (non-hydrogen) atoms. The van der Waals surface area contributed by atoms with Gasteiger partial charge >= 0.3 is 0 Å². The summed E-state index contributed by atoms with van der Waals surface area (Å²) in [5.74, 6) is 0.669. The molecule has 0 aliphatic rings. The van der Waals surface area contributed by atoms with Gasteiger partial charge in [-0.2, -0.15) is 0 Å². The topological polar surface area (TPSA) is 21.3 Å². The molecule has 0 saturated heterocycles. The standard InChI is InChI=1S/C26H32FNO/c1-2-3-4-5-6-9-18-28-19-25-24-11-8-7-10-22(24)14-17-26(25)29-20-21-12-15-23(27)16-13-21/h7-8,10-17,28H,2-6,9,18-20H2,1H3. The molecule has 0 amide bonds. The summed E-state index contributed by atoms with van der Waals surface area (Å²) in [4.78, 5) is 0. The molecule has 1 N–H and O–H groups in total. The van der Waals surface area contributed by atoms with Gasteiger partial charge in [-0.1, -0.05) is 81.5 Å². The van der Waals surface area contributed by atoms with E-state index in [1.165, 1.54) is 67.0 Å². The SMILES string of the molecule is CCCCCCCCNCc1c(OCc2ccc(F)cc2)ccc2ccccc12. The molecule has 0 aromatic heterocycles. The Hall–Kier alpha value is -2.39. The van der Waals surface area contributed by atoms with Crippen LogP contribution < -0.4 is 10.1 Å². The van der Waals surface area contributed by atoms with Gasteiger partial charge < -0.3 is 10.1 Å². The first kappa shape index (κ1) is 21.3. The molecule has 0 aliphatic carbocycles. The molecule has 0 saturated carbocycles. The highest BCUT2D eigenvalue weighted by atomic mass is 19.1. The molecule has 3 heteroatoms. The van der Waals surface area contributed by atoms with Crippen molar-refractivity contribution in [3.8, 4) is 5.75 Å². The van der Waals surface area contributed by atoms with Crippen LogP contribution in [-0.4, -0.2) is 6.54 Å². The van der Waals surface area contributed by atoms with Crippen LogP contribution in [0.5, 0.6) is 5.75 Å². The van der Waals surface area contributed by atoms with E-state index in [1.54, 1.807) is 12.1 Å². The fourth-order valence-electron chi connectivity index (χ4n) is 3.62. The van der Waals surface area contributed by atoms with Gasteiger partial charge in [-0.3, -0.25) is 0 Å². The third-order valence-corrected chi connectivity index (χ3v) is 5.31. The summed E-state index contributed by atoms with van der Waals surface area (Å²) in [5, 5.41) is 6.04. The van der Waals surface area contributed by atoms with E-state index in [2.05, 4.69) is 42.6 Å². The Morgan fingerprint density at radius 2 is 1.59 bits per heavy atom. The van der Waals surface area contributed by atoms with E-state index in [0.717, 1.165) is 24.4 Å². The second-order valence-electron chi connectivity index (χ2n) is 7.62. The second kappa shape index (κ2) is 11.6.